The number of rotatable bonds is 13. The maximum absolute atomic E-state index is 13.7. The molecule has 1 unspecified atom stereocenters. The van der Waals surface area contributed by atoms with Crippen LogP contribution in [0.5, 0.6) is 0 Å². The van der Waals surface area contributed by atoms with E-state index in [0.29, 0.717) is 12.2 Å². The first kappa shape index (κ1) is 33.5. The minimum absolute atomic E-state index is 0.187. The Kier molecular flexibility index (Phi) is 11.5. The van der Waals surface area contributed by atoms with E-state index < -0.39 is 35.2 Å². The van der Waals surface area contributed by atoms with Gasteiger partial charge in [0.05, 0.1) is 6.54 Å². The summed E-state index contributed by atoms with van der Waals surface area (Å²) in [5, 5.41) is 12.7. The standard InChI is InChI=1S/C34H48N2O5S/c1-23(2)12-10-13-24(3)14-11-15-25(4)18-19-42-22-29(30(37)38)35-31(39)34-20-28(34)27-17-9-8-16-26(27)21-36(34)32(40)41-33(5,6)7/h8-9,12,14,16-18,28-29H,10-11,13,15,19-22H2,1-7H3,(H,35,39)(H,37,38)/b24-14+,25-18+/t28-,29-,34?/m0/s1. The number of hydrogen-bond acceptors (Lipinski definition) is 5. The second-order valence-electron chi connectivity index (χ2n) is 12.8. The van der Waals surface area contributed by atoms with Crippen molar-refractivity contribution in [2.24, 2.45) is 0 Å². The van der Waals surface area contributed by atoms with Crippen LogP contribution in [0.15, 0.2) is 59.2 Å². The van der Waals surface area contributed by atoms with E-state index >= 15 is 0 Å². The van der Waals surface area contributed by atoms with Crippen LogP contribution in [0, 0.1) is 0 Å². The van der Waals surface area contributed by atoms with Crippen molar-refractivity contribution in [2.45, 2.75) is 110 Å². The van der Waals surface area contributed by atoms with Crippen molar-refractivity contribution in [3.05, 3.63) is 70.3 Å². The molecule has 2 aliphatic rings. The first-order chi connectivity index (χ1) is 19.7. The Bertz CT molecular complexity index is 1240. The maximum Gasteiger partial charge on any atom is 0.411 e. The van der Waals surface area contributed by atoms with Gasteiger partial charge in [-0.3, -0.25) is 9.69 Å². The van der Waals surface area contributed by atoms with Crippen LogP contribution in [0.1, 0.15) is 97.6 Å². The number of carboxylic acid groups (broad SMARTS) is 1. The van der Waals surface area contributed by atoms with Crippen LogP contribution in [-0.2, 0) is 20.9 Å². The van der Waals surface area contributed by atoms with Crippen molar-refractivity contribution in [3.8, 4) is 0 Å². The number of carbonyl (C=O) groups excluding carboxylic acids is 2. The van der Waals surface area contributed by atoms with Gasteiger partial charge in [0.1, 0.15) is 17.2 Å². The van der Waals surface area contributed by atoms with E-state index in [9.17, 15) is 19.5 Å². The lowest BCUT2D eigenvalue weighted by Crippen LogP contribution is -2.58. The average Bonchev–Trinajstić information content (AvgIpc) is 3.66. The first-order valence-electron chi connectivity index (χ1n) is 14.9. The Morgan fingerprint density at radius 2 is 1.71 bits per heavy atom. The van der Waals surface area contributed by atoms with E-state index in [0.717, 1.165) is 36.8 Å². The highest BCUT2D eigenvalue weighted by molar-refractivity contribution is 7.99. The monoisotopic (exact) mass is 596 g/mol. The van der Waals surface area contributed by atoms with Gasteiger partial charge in [-0.25, -0.2) is 9.59 Å². The number of allylic oxidation sites excluding steroid dienone is 5. The van der Waals surface area contributed by atoms with Gasteiger partial charge in [-0.05, 0) is 91.7 Å². The van der Waals surface area contributed by atoms with E-state index in [1.165, 1.54) is 33.4 Å². The highest BCUT2D eigenvalue weighted by atomic mass is 32.2. The quantitative estimate of drug-likeness (QED) is 0.182. The largest absolute Gasteiger partial charge is 0.480 e. The number of nitrogens with zero attached hydrogens (tertiary/aromatic N) is 1. The van der Waals surface area contributed by atoms with Crippen molar-refractivity contribution >= 4 is 29.7 Å². The van der Waals surface area contributed by atoms with Crippen LogP contribution in [0.25, 0.3) is 0 Å². The van der Waals surface area contributed by atoms with Crippen molar-refractivity contribution in [1.29, 1.82) is 0 Å². The summed E-state index contributed by atoms with van der Waals surface area (Å²) in [7, 11) is 0. The van der Waals surface area contributed by atoms with Crippen LogP contribution in [-0.4, -0.2) is 56.7 Å². The normalized spacial score (nSPS) is 20.6. The number of nitrogens with one attached hydrogen (secondary N) is 1. The number of benzene rings is 1. The van der Waals surface area contributed by atoms with E-state index in [-0.39, 0.29) is 18.2 Å². The van der Waals surface area contributed by atoms with Crippen molar-refractivity contribution in [3.63, 3.8) is 0 Å². The Morgan fingerprint density at radius 3 is 2.36 bits per heavy atom. The fourth-order valence-electron chi connectivity index (χ4n) is 5.35. The zero-order valence-electron chi connectivity index (χ0n) is 26.3. The molecule has 7 nitrogen and oxygen atoms in total. The summed E-state index contributed by atoms with van der Waals surface area (Å²) < 4.78 is 5.66. The topological polar surface area (TPSA) is 95.9 Å². The first-order valence-corrected chi connectivity index (χ1v) is 16.0. The van der Waals surface area contributed by atoms with Gasteiger partial charge in [0.15, 0.2) is 0 Å². The Balaban J connectivity index is 1.58. The summed E-state index contributed by atoms with van der Waals surface area (Å²) in [4.78, 5) is 40.6. The number of carboxylic acids is 1. The summed E-state index contributed by atoms with van der Waals surface area (Å²) in [6.07, 6.45) is 10.7. The molecule has 1 aromatic rings. The molecule has 1 aliphatic carbocycles. The zero-order chi connectivity index (χ0) is 31.1. The molecule has 0 spiro atoms. The molecule has 1 heterocycles. The average molecular weight is 597 g/mol. The second kappa shape index (κ2) is 14.5. The fourth-order valence-corrected chi connectivity index (χ4v) is 6.35. The lowest BCUT2D eigenvalue weighted by Gasteiger charge is -2.37. The minimum atomic E-state index is -1.14. The second-order valence-corrected chi connectivity index (χ2v) is 13.9. The number of thioether (sulfide) groups is 1. The van der Waals surface area contributed by atoms with Gasteiger partial charge in [0.2, 0.25) is 5.91 Å². The SMILES string of the molecule is CC(C)=CCC/C(C)=C/CC/C(C)=C/CSC[C@H](NC(=O)C12C[C@H]1c1ccccc1CN2C(=O)OC(C)(C)C)C(=O)O. The van der Waals surface area contributed by atoms with E-state index in [1.807, 2.05) is 24.3 Å². The molecule has 1 aliphatic heterocycles. The van der Waals surface area contributed by atoms with Crippen molar-refractivity contribution in [1.82, 2.24) is 10.2 Å². The highest BCUT2D eigenvalue weighted by Crippen LogP contribution is 2.60. The molecule has 8 heteroatoms. The third-order valence-electron chi connectivity index (χ3n) is 7.74. The van der Waals surface area contributed by atoms with Crippen LogP contribution in [0.3, 0.4) is 0 Å². The third kappa shape index (κ3) is 9.00. The van der Waals surface area contributed by atoms with Gasteiger partial charge in [-0.15, -0.1) is 0 Å². The van der Waals surface area contributed by atoms with E-state index in [2.05, 4.69) is 51.2 Å². The molecule has 42 heavy (non-hydrogen) atoms. The summed E-state index contributed by atoms with van der Waals surface area (Å²) in [5.41, 5.74) is 4.18. The van der Waals surface area contributed by atoms with Crippen LogP contribution < -0.4 is 5.32 Å². The number of carbonyl (C=O) groups is 3. The predicted octanol–water partition coefficient (Wildman–Crippen LogP) is 7.39. The molecule has 0 saturated heterocycles. The number of amides is 2. The molecule has 0 radical (unpaired) electrons. The van der Waals surface area contributed by atoms with Gasteiger partial charge >= 0.3 is 12.1 Å². The number of hydrogen-bond donors (Lipinski definition) is 2. The van der Waals surface area contributed by atoms with E-state index in [1.54, 1.807) is 20.8 Å². The van der Waals surface area contributed by atoms with Gasteiger partial charge in [-0.2, -0.15) is 11.8 Å². The molecule has 1 aromatic carbocycles. The summed E-state index contributed by atoms with van der Waals surface area (Å²) in [6, 6.07) is 6.74. The molecule has 2 N–H and O–H groups in total. The van der Waals surface area contributed by atoms with Crippen LogP contribution >= 0.6 is 11.8 Å². The summed E-state index contributed by atoms with van der Waals surface area (Å²) in [6.45, 7) is 14.1. The van der Waals surface area contributed by atoms with Gasteiger partial charge < -0.3 is 15.2 Å². The molecule has 230 valence electrons. The molecule has 0 bridgehead atoms. The third-order valence-corrected chi connectivity index (χ3v) is 8.71. The van der Waals surface area contributed by atoms with Crippen molar-refractivity contribution < 1.29 is 24.2 Å². The van der Waals surface area contributed by atoms with Crippen molar-refractivity contribution in [2.75, 3.05) is 11.5 Å². The number of aliphatic carboxylic acids is 1. The highest BCUT2D eigenvalue weighted by Gasteiger charge is 2.68. The summed E-state index contributed by atoms with van der Waals surface area (Å²) in [5.74, 6) is -0.802. The molecule has 1 fully saturated rings. The molecular formula is C34H48N2O5S. The minimum Gasteiger partial charge on any atom is -0.480 e. The van der Waals surface area contributed by atoms with Crippen LogP contribution in [0.2, 0.25) is 0 Å². The van der Waals surface area contributed by atoms with Crippen LogP contribution in [0.4, 0.5) is 4.79 Å². The van der Waals surface area contributed by atoms with Gasteiger partial charge in [0.25, 0.3) is 0 Å². The van der Waals surface area contributed by atoms with Gasteiger partial charge in [0, 0.05) is 17.4 Å². The summed E-state index contributed by atoms with van der Waals surface area (Å²) >= 11 is 1.48. The predicted molar refractivity (Wildman–Crippen MR) is 171 cm³/mol. The smallest absolute Gasteiger partial charge is 0.411 e. The maximum atomic E-state index is 13.7. The molecular weight excluding hydrogens is 548 g/mol. The molecule has 3 atom stereocenters. The molecule has 2 amide bonds. The Labute approximate surface area is 255 Å². The lowest BCUT2D eigenvalue weighted by atomic mass is 9.93. The molecule has 0 aromatic heterocycles. The van der Waals surface area contributed by atoms with E-state index in [4.69, 9.17) is 4.74 Å². The Morgan fingerprint density at radius 1 is 1.07 bits per heavy atom. The Hall–Kier alpha value is -3.00. The number of fused-ring (bicyclic) bond motifs is 3. The molecule has 3 rings (SSSR count). The fraction of sp³-hybridized carbons (Fsp3) is 0.559. The molecule has 1 saturated carbocycles. The number of ether oxygens (including phenoxy) is 1. The zero-order valence-corrected chi connectivity index (χ0v) is 27.1. The van der Waals surface area contributed by atoms with Gasteiger partial charge in [-0.1, -0.05) is 59.2 Å². The lowest BCUT2D eigenvalue weighted by molar-refractivity contribution is -0.142.